The first-order valence-corrected chi connectivity index (χ1v) is 13.5. The van der Waals surface area contributed by atoms with Gasteiger partial charge in [-0.1, -0.05) is 27.2 Å². The Bertz CT molecular complexity index is 1400. The van der Waals surface area contributed by atoms with Crippen LogP contribution in [0.15, 0.2) is 24.4 Å². The molecule has 1 fully saturated rings. The lowest BCUT2D eigenvalue weighted by molar-refractivity contribution is -0.137. The largest absolute Gasteiger partial charge is 0.505 e. The molecule has 3 rings (SSSR count). The Morgan fingerprint density at radius 2 is 1.70 bits per heavy atom. The fraction of sp³-hybridized carbons (Fsp3) is 0.464. The first kappa shape index (κ1) is 33.2. The van der Waals surface area contributed by atoms with Crippen LogP contribution in [-0.2, 0) is 20.8 Å². The molecule has 2 aromatic rings. The highest BCUT2D eigenvalue weighted by atomic mass is 19.2. The Hall–Kier alpha value is -4.27. The summed E-state index contributed by atoms with van der Waals surface area (Å²) in [5, 5.41) is 31.1. The van der Waals surface area contributed by atoms with Crippen molar-refractivity contribution >= 4 is 23.6 Å². The van der Waals surface area contributed by atoms with Gasteiger partial charge in [0, 0.05) is 6.20 Å². The number of aromatic nitrogens is 1. The summed E-state index contributed by atoms with van der Waals surface area (Å²) in [7, 11) is 0. The Balaban J connectivity index is 2.08. The molecule has 11 nitrogen and oxygen atoms in total. The number of nitrogens with zero attached hydrogens (tertiary/aromatic N) is 1. The average Bonchev–Trinajstić information content (AvgIpc) is 2.97. The maximum absolute atomic E-state index is 14.6. The van der Waals surface area contributed by atoms with E-state index >= 15 is 0 Å². The number of aromatic hydroxyl groups is 1. The molecule has 234 valence electrons. The lowest BCUT2D eigenvalue weighted by Gasteiger charge is -2.35. The molecule has 1 saturated heterocycles. The molecule has 7 atom stereocenters. The molecule has 4 amide bonds. The van der Waals surface area contributed by atoms with E-state index in [9.17, 15) is 47.0 Å². The smallest absolute Gasteiger partial charge is 0.274 e. The third kappa shape index (κ3) is 7.39. The van der Waals surface area contributed by atoms with Crippen LogP contribution >= 0.6 is 0 Å². The summed E-state index contributed by atoms with van der Waals surface area (Å²) in [6.07, 6.45) is -0.982. The predicted octanol–water partition coefficient (Wildman–Crippen LogP) is 1.22. The summed E-state index contributed by atoms with van der Waals surface area (Å²) in [6.45, 7) is 6.06. The lowest BCUT2D eigenvalue weighted by atomic mass is 9.90. The Labute approximate surface area is 244 Å². The van der Waals surface area contributed by atoms with Gasteiger partial charge in [-0.3, -0.25) is 19.2 Å². The number of carbonyl (C=O) groups is 4. The highest BCUT2D eigenvalue weighted by Crippen LogP contribution is 2.23. The van der Waals surface area contributed by atoms with Crippen LogP contribution in [0.4, 0.5) is 17.6 Å². The molecular formula is C28H33F4N5O6. The number of halogens is 4. The van der Waals surface area contributed by atoms with E-state index in [0.29, 0.717) is 12.5 Å². The van der Waals surface area contributed by atoms with Gasteiger partial charge in [0.05, 0.1) is 24.1 Å². The van der Waals surface area contributed by atoms with Crippen LogP contribution in [0, 0.1) is 35.1 Å². The second kappa shape index (κ2) is 13.8. The lowest BCUT2D eigenvalue weighted by Crippen LogP contribution is -2.64. The normalized spacial score (nSPS) is 25.8. The van der Waals surface area contributed by atoms with Crippen LogP contribution in [-0.4, -0.2) is 69.1 Å². The number of hydrogen-bond donors (Lipinski definition) is 6. The second-order valence-electron chi connectivity index (χ2n) is 10.5. The first-order chi connectivity index (χ1) is 20.2. The molecule has 2 unspecified atom stereocenters. The minimum absolute atomic E-state index is 0.360. The molecule has 0 spiro atoms. The van der Waals surface area contributed by atoms with E-state index in [4.69, 9.17) is 0 Å². The van der Waals surface area contributed by atoms with Crippen molar-refractivity contribution in [2.75, 3.05) is 0 Å². The summed E-state index contributed by atoms with van der Waals surface area (Å²) in [4.78, 5) is 56.7. The molecular weight excluding hydrogens is 578 g/mol. The number of benzene rings is 1. The number of carbonyl (C=O) groups excluding carboxylic acids is 4. The van der Waals surface area contributed by atoms with Gasteiger partial charge in [-0.15, -0.1) is 0 Å². The van der Waals surface area contributed by atoms with Crippen molar-refractivity contribution in [1.82, 2.24) is 26.3 Å². The van der Waals surface area contributed by atoms with Crippen molar-refractivity contribution in [3.8, 4) is 5.75 Å². The van der Waals surface area contributed by atoms with Gasteiger partial charge >= 0.3 is 0 Å². The highest BCUT2D eigenvalue weighted by Gasteiger charge is 2.39. The molecule has 0 radical (unpaired) electrons. The van der Waals surface area contributed by atoms with Crippen molar-refractivity contribution in [3.63, 3.8) is 0 Å². The van der Waals surface area contributed by atoms with Gasteiger partial charge in [-0.2, -0.15) is 0 Å². The Kier molecular flexibility index (Phi) is 10.7. The standard InChI is InChI=1S/C28H33F4N5O6/c1-5-11(2)21-26(41)34-13(4)22(37-28(43)23-17(38)7-6-8-33-23)27(42)35-16(24(39)12(3)25(40)36-21)10-14-9-15(29)19(31)20(32)18(14)30/h6-9,11-13,16,21-22,24,38-39H,5,10H2,1-4H3,(H,34,41)(H,35,42)(H,36,40)(H,37,43)/t11?,12-,13-,16+,21?,22+,24+/m1/s1. The van der Waals surface area contributed by atoms with Gasteiger partial charge in [-0.05, 0) is 43.0 Å². The average molecular weight is 612 g/mol. The number of amides is 4. The van der Waals surface area contributed by atoms with Crippen molar-refractivity contribution in [1.29, 1.82) is 0 Å². The molecule has 1 aromatic carbocycles. The molecule has 1 aromatic heterocycles. The summed E-state index contributed by atoms with van der Waals surface area (Å²) >= 11 is 0. The zero-order chi connectivity index (χ0) is 32.2. The summed E-state index contributed by atoms with van der Waals surface area (Å²) < 4.78 is 56.2. The van der Waals surface area contributed by atoms with Gasteiger partial charge in [0.2, 0.25) is 17.7 Å². The number of aliphatic hydroxyl groups is 1. The van der Waals surface area contributed by atoms with E-state index in [0.717, 1.165) is 0 Å². The summed E-state index contributed by atoms with van der Waals surface area (Å²) in [5.74, 6) is -13.5. The van der Waals surface area contributed by atoms with Crippen molar-refractivity contribution in [2.45, 2.75) is 70.8 Å². The van der Waals surface area contributed by atoms with E-state index in [2.05, 4.69) is 26.3 Å². The molecule has 6 N–H and O–H groups in total. The fourth-order valence-electron chi connectivity index (χ4n) is 4.62. The van der Waals surface area contributed by atoms with Crippen molar-refractivity contribution in [2.24, 2.45) is 11.8 Å². The quantitative estimate of drug-likeness (QED) is 0.162. The van der Waals surface area contributed by atoms with Gasteiger partial charge in [0.15, 0.2) is 29.0 Å². The van der Waals surface area contributed by atoms with Gasteiger partial charge in [0.1, 0.15) is 17.8 Å². The van der Waals surface area contributed by atoms with Crippen LogP contribution < -0.4 is 21.3 Å². The van der Waals surface area contributed by atoms with Crippen LogP contribution in [0.5, 0.6) is 5.75 Å². The molecule has 0 aliphatic carbocycles. The minimum atomic E-state index is -2.11. The van der Waals surface area contributed by atoms with Crippen LogP contribution in [0.25, 0.3) is 0 Å². The number of aliphatic hydroxyl groups excluding tert-OH is 1. The van der Waals surface area contributed by atoms with E-state index in [1.54, 1.807) is 13.8 Å². The maximum Gasteiger partial charge on any atom is 0.274 e. The molecule has 2 heterocycles. The molecule has 43 heavy (non-hydrogen) atoms. The van der Waals surface area contributed by atoms with Crippen molar-refractivity contribution < 1.29 is 47.0 Å². The van der Waals surface area contributed by atoms with Crippen LogP contribution in [0.1, 0.15) is 50.2 Å². The summed E-state index contributed by atoms with van der Waals surface area (Å²) in [6, 6.07) is -2.65. The molecule has 0 bridgehead atoms. The Morgan fingerprint density at radius 1 is 1.02 bits per heavy atom. The van der Waals surface area contributed by atoms with E-state index < -0.39 is 112 Å². The number of nitrogens with one attached hydrogen (secondary N) is 4. The predicted molar refractivity (Wildman–Crippen MR) is 143 cm³/mol. The SMILES string of the molecule is CCC(C)C1NC(=O)[C@H](C)[C@H](O)[C@H](Cc2cc(F)c(F)c(F)c2F)NC(=O)[C@@H](NC(=O)c2ncccc2O)[C@@H](C)NC1=O. The first-order valence-electron chi connectivity index (χ1n) is 13.5. The maximum atomic E-state index is 14.6. The topological polar surface area (TPSA) is 170 Å². The second-order valence-corrected chi connectivity index (χ2v) is 10.5. The zero-order valence-electron chi connectivity index (χ0n) is 23.8. The van der Waals surface area contributed by atoms with E-state index in [1.807, 2.05) is 0 Å². The minimum Gasteiger partial charge on any atom is -0.505 e. The molecule has 0 saturated carbocycles. The zero-order valence-corrected chi connectivity index (χ0v) is 23.8. The van der Waals surface area contributed by atoms with Gasteiger partial charge in [0.25, 0.3) is 5.91 Å². The van der Waals surface area contributed by atoms with Gasteiger partial charge in [-0.25, -0.2) is 22.5 Å². The Morgan fingerprint density at radius 3 is 2.33 bits per heavy atom. The number of rotatable bonds is 6. The molecule has 15 heteroatoms. The highest BCUT2D eigenvalue weighted by molar-refractivity contribution is 5.98. The van der Waals surface area contributed by atoms with Crippen LogP contribution in [0.3, 0.4) is 0 Å². The molecule has 1 aliphatic heterocycles. The number of hydrogen-bond acceptors (Lipinski definition) is 7. The number of pyridine rings is 1. The third-order valence-electron chi connectivity index (χ3n) is 7.52. The van der Waals surface area contributed by atoms with Gasteiger partial charge < -0.3 is 31.5 Å². The van der Waals surface area contributed by atoms with Crippen molar-refractivity contribution in [3.05, 3.63) is 58.9 Å². The summed E-state index contributed by atoms with van der Waals surface area (Å²) in [5.41, 5.74) is -1.20. The third-order valence-corrected chi connectivity index (χ3v) is 7.52. The van der Waals surface area contributed by atoms with Crippen LogP contribution in [0.2, 0.25) is 0 Å². The monoisotopic (exact) mass is 611 g/mol. The fourth-order valence-corrected chi connectivity index (χ4v) is 4.62. The molecule has 1 aliphatic rings. The van der Waals surface area contributed by atoms with E-state index in [-0.39, 0.29) is 0 Å². The van der Waals surface area contributed by atoms with E-state index in [1.165, 1.54) is 32.2 Å².